The number of carbonyl (C=O) groups excluding carboxylic acids is 2. The van der Waals surface area contributed by atoms with E-state index < -0.39 is 17.9 Å². The van der Waals surface area contributed by atoms with E-state index in [2.05, 4.69) is 19.2 Å². The van der Waals surface area contributed by atoms with Crippen molar-refractivity contribution in [2.45, 2.75) is 46.1 Å². The number of rotatable bonds is 8. The number of amides is 1. The van der Waals surface area contributed by atoms with Gasteiger partial charge in [0.1, 0.15) is 6.04 Å². The first-order valence-corrected chi connectivity index (χ1v) is 8.94. The third-order valence-electron chi connectivity index (χ3n) is 3.55. The van der Waals surface area contributed by atoms with E-state index in [1.54, 1.807) is 6.92 Å². The summed E-state index contributed by atoms with van der Waals surface area (Å²) in [5, 5.41) is 11.3. The highest BCUT2D eigenvalue weighted by atomic mass is 32.2. The van der Waals surface area contributed by atoms with Gasteiger partial charge in [0.25, 0.3) is 0 Å². The van der Waals surface area contributed by atoms with Crippen LogP contribution in [0.15, 0.2) is 24.3 Å². The van der Waals surface area contributed by atoms with Crippen LogP contribution >= 0.6 is 11.8 Å². The molecule has 0 aliphatic carbocycles. The fourth-order valence-corrected chi connectivity index (χ4v) is 3.20. The quantitative estimate of drug-likeness (QED) is 0.752. The van der Waals surface area contributed by atoms with Crippen LogP contribution in [0.2, 0.25) is 0 Å². The highest BCUT2D eigenvalue weighted by Gasteiger charge is 2.22. The van der Waals surface area contributed by atoms with E-state index in [0.29, 0.717) is 5.92 Å². The Morgan fingerprint density at radius 2 is 1.71 bits per heavy atom. The first kappa shape index (κ1) is 20.2. The molecule has 0 saturated heterocycles. The summed E-state index contributed by atoms with van der Waals surface area (Å²) in [6.07, 6.45) is 0.994. The molecule has 1 rings (SSSR count). The second kappa shape index (κ2) is 9.47. The molecule has 1 aromatic carbocycles. The molecule has 0 fully saturated rings. The van der Waals surface area contributed by atoms with Crippen LogP contribution in [0.3, 0.4) is 0 Å². The number of benzene rings is 1. The number of carboxylic acids is 1. The predicted octanol–water partition coefficient (Wildman–Crippen LogP) is 2.84. The van der Waals surface area contributed by atoms with Crippen LogP contribution in [0.25, 0.3) is 0 Å². The van der Waals surface area contributed by atoms with Crippen molar-refractivity contribution < 1.29 is 19.5 Å². The lowest BCUT2D eigenvalue weighted by atomic mass is 9.97. The number of thioether (sulfide) groups is 1. The Bertz CT molecular complexity index is 583. The number of nitrogens with one attached hydrogen (secondary N) is 1. The minimum absolute atomic E-state index is 0.0174. The van der Waals surface area contributed by atoms with Crippen LogP contribution in [0.5, 0.6) is 0 Å². The standard InChI is InChI=1S/C18H25NO4S/c1-11(2)9-14-5-7-15(8-6-14)12(3)18(23)24-10-16(17(21)22)19-13(4)20/h5-8,11-12,16H,9-10H2,1-4H3,(H,19,20)(H,21,22)/t12-,16?/m0/s1. The van der Waals surface area contributed by atoms with Crippen LogP contribution in [0, 0.1) is 5.92 Å². The van der Waals surface area contributed by atoms with Crippen molar-refractivity contribution in [3.05, 3.63) is 35.4 Å². The number of hydrogen-bond acceptors (Lipinski definition) is 4. The van der Waals surface area contributed by atoms with Crippen molar-refractivity contribution in [3.63, 3.8) is 0 Å². The number of hydrogen-bond donors (Lipinski definition) is 2. The second-order valence-corrected chi connectivity index (χ2v) is 7.31. The summed E-state index contributed by atoms with van der Waals surface area (Å²) in [7, 11) is 0. The molecule has 0 aromatic heterocycles. The third kappa shape index (κ3) is 6.74. The molecule has 6 heteroatoms. The summed E-state index contributed by atoms with van der Waals surface area (Å²) < 4.78 is 0. The molecule has 132 valence electrons. The summed E-state index contributed by atoms with van der Waals surface area (Å²) in [4.78, 5) is 34.3. The maximum absolute atomic E-state index is 12.3. The molecule has 1 unspecified atom stereocenters. The van der Waals surface area contributed by atoms with Crippen molar-refractivity contribution in [1.82, 2.24) is 5.32 Å². The normalized spacial score (nSPS) is 13.4. The molecule has 0 radical (unpaired) electrons. The maximum Gasteiger partial charge on any atom is 0.327 e. The lowest BCUT2D eigenvalue weighted by Crippen LogP contribution is -2.41. The van der Waals surface area contributed by atoms with Crippen LogP contribution in [0.4, 0.5) is 0 Å². The number of carboxylic acid groups (broad SMARTS) is 1. The Labute approximate surface area is 147 Å². The Morgan fingerprint density at radius 3 is 2.17 bits per heavy atom. The second-order valence-electron chi connectivity index (χ2n) is 6.28. The Kier molecular flexibility index (Phi) is 7.98. The van der Waals surface area contributed by atoms with Gasteiger partial charge in [-0.15, -0.1) is 0 Å². The number of carbonyl (C=O) groups is 3. The highest BCUT2D eigenvalue weighted by molar-refractivity contribution is 8.13. The van der Waals surface area contributed by atoms with Crippen molar-refractivity contribution >= 4 is 28.8 Å². The molecular weight excluding hydrogens is 326 g/mol. The average molecular weight is 351 g/mol. The van der Waals surface area contributed by atoms with Crippen LogP contribution in [0.1, 0.15) is 44.7 Å². The zero-order valence-corrected chi connectivity index (χ0v) is 15.4. The van der Waals surface area contributed by atoms with Crippen molar-refractivity contribution in [3.8, 4) is 0 Å². The van der Waals surface area contributed by atoms with Gasteiger partial charge in [-0.3, -0.25) is 9.59 Å². The third-order valence-corrected chi connectivity index (χ3v) is 4.68. The lowest BCUT2D eigenvalue weighted by Gasteiger charge is -2.15. The zero-order valence-electron chi connectivity index (χ0n) is 14.5. The van der Waals surface area contributed by atoms with Gasteiger partial charge in [0, 0.05) is 12.7 Å². The number of aliphatic carboxylic acids is 1. The summed E-state index contributed by atoms with van der Waals surface area (Å²) in [5.41, 5.74) is 2.14. The molecule has 5 nitrogen and oxygen atoms in total. The van der Waals surface area contributed by atoms with Crippen molar-refractivity contribution in [1.29, 1.82) is 0 Å². The minimum atomic E-state index is -1.14. The molecule has 2 atom stereocenters. The molecule has 0 bridgehead atoms. The monoisotopic (exact) mass is 351 g/mol. The van der Waals surface area contributed by atoms with Crippen molar-refractivity contribution in [2.75, 3.05) is 5.75 Å². The van der Waals surface area contributed by atoms with E-state index in [1.807, 2.05) is 24.3 Å². The summed E-state index contributed by atoms with van der Waals surface area (Å²) in [6, 6.07) is 6.90. The maximum atomic E-state index is 12.3. The topological polar surface area (TPSA) is 83.5 Å². The van der Waals surface area contributed by atoms with Crippen LogP contribution in [-0.2, 0) is 20.8 Å². The first-order valence-electron chi connectivity index (χ1n) is 7.96. The first-order chi connectivity index (χ1) is 11.2. The van der Waals surface area contributed by atoms with Gasteiger partial charge in [0.05, 0.1) is 5.92 Å². The Morgan fingerprint density at radius 1 is 1.12 bits per heavy atom. The largest absolute Gasteiger partial charge is 0.480 e. The SMILES string of the molecule is CC(=O)NC(CSC(=O)[C@@H](C)c1ccc(CC(C)C)cc1)C(=O)O. The molecule has 0 heterocycles. The van der Waals surface area contributed by atoms with E-state index >= 15 is 0 Å². The van der Waals surface area contributed by atoms with Crippen molar-refractivity contribution in [2.24, 2.45) is 5.92 Å². The van der Waals surface area contributed by atoms with Gasteiger partial charge in [-0.2, -0.15) is 0 Å². The van der Waals surface area contributed by atoms with Gasteiger partial charge in [0.2, 0.25) is 5.91 Å². The van der Waals surface area contributed by atoms with E-state index in [0.717, 1.165) is 23.7 Å². The lowest BCUT2D eigenvalue weighted by molar-refractivity contribution is -0.140. The molecule has 0 aliphatic heterocycles. The molecular formula is C18H25NO4S. The smallest absolute Gasteiger partial charge is 0.327 e. The molecule has 1 amide bonds. The molecule has 1 aromatic rings. The molecule has 0 aliphatic rings. The van der Waals surface area contributed by atoms with Gasteiger partial charge < -0.3 is 10.4 Å². The Hall–Kier alpha value is -1.82. The molecule has 2 N–H and O–H groups in total. The van der Waals surface area contributed by atoms with Crippen LogP contribution in [-0.4, -0.2) is 33.9 Å². The molecule has 24 heavy (non-hydrogen) atoms. The van der Waals surface area contributed by atoms with Crippen LogP contribution < -0.4 is 5.32 Å². The summed E-state index contributed by atoms with van der Waals surface area (Å²) in [6.45, 7) is 7.38. The van der Waals surface area contributed by atoms with E-state index in [4.69, 9.17) is 5.11 Å². The minimum Gasteiger partial charge on any atom is -0.480 e. The van der Waals surface area contributed by atoms with E-state index in [1.165, 1.54) is 12.5 Å². The molecule has 0 spiro atoms. The molecule has 0 saturated carbocycles. The van der Waals surface area contributed by atoms with E-state index in [-0.39, 0.29) is 16.8 Å². The average Bonchev–Trinajstić information content (AvgIpc) is 2.50. The zero-order chi connectivity index (χ0) is 18.3. The Balaban J connectivity index is 2.63. The van der Waals surface area contributed by atoms with Gasteiger partial charge in [-0.25, -0.2) is 4.79 Å². The highest BCUT2D eigenvalue weighted by Crippen LogP contribution is 2.23. The predicted molar refractivity (Wildman–Crippen MR) is 96.1 cm³/mol. The fraction of sp³-hybridized carbons (Fsp3) is 0.500. The fourth-order valence-electron chi connectivity index (χ4n) is 2.26. The van der Waals surface area contributed by atoms with E-state index in [9.17, 15) is 14.4 Å². The van der Waals surface area contributed by atoms with Gasteiger partial charge in [0.15, 0.2) is 5.12 Å². The summed E-state index contributed by atoms with van der Waals surface area (Å²) in [5.74, 6) is -1.30. The van der Waals surface area contributed by atoms with Gasteiger partial charge in [-0.05, 0) is 23.5 Å². The van der Waals surface area contributed by atoms with Gasteiger partial charge >= 0.3 is 5.97 Å². The van der Waals surface area contributed by atoms with Gasteiger partial charge in [-0.1, -0.05) is 56.8 Å². The summed E-state index contributed by atoms with van der Waals surface area (Å²) >= 11 is 0.938.